The molecule has 4 bridgehead atoms. The molecule has 0 aliphatic heterocycles. The van der Waals surface area contributed by atoms with Crippen LogP contribution in [0.5, 0.6) is 0 Å². The van der Waals surface area contributed by atoms with E-state index in [1.165, 1.54) is 16.7 Å². The van der Waals surface area contributed by atoms with E-state index in [1.807, 2.05) is 0 Å². The van der Waals surface area contributed by atoms with E-state index in [1.54, 1.807) is 0 Å². The van der Waals surface area contributed by atoms with Gasteiger partial charge in [-0.1, -0.05) is 48.5 Å². The van der Waals surface area contributed by atoms with Crippen LogP contribution in [-0.2, 0) is 24.9 Å². The summed E-state index contributed by atoms with van der Waals surface area (Å²) in [6.45, 7) is 0. The summed E-state index contributed by atoms with van der Waals surface area (Å²) in [5.74, 6) is 0. The topological polar surface area (TPSA) is 52.0 Å². The first-order chi connectivity index (χ1) is 8.63. The van der Waals surface area contributed by atoms with E-state index in [9.17, 15) is 0 Å². The highest BCUT2D eigenvalue weighted by molar-refractivity contribution is 5.33. The van der Waals surface area contributed by atoms with Crippen LogP contribution in [0.1, 0.15) is 22.3 Å². The lowest BCUT2D eigenvalue weighted by atomic mass is 9.90. The Morgan fingerprint density at radius 3 is 1.67 bits per heavy atom. The van der Waals surface area contributed by atoms with Gasteiger partial charge in [0.2, 0.25) is 0 Å². The maximum atomic E-state index is 6.25. The van der Waals surface area contributed by atoms with Crippen LogP contribution in [0.15, 0.2) is 48.5 Å². The minimum absolute atomic E-state index is 0.659. The van der Waals surface area contributed by atoms with E-state index in [0.717, 1.165) is 18.4 Å². The molecule has 0 aromatic heterocycles. The maximum absolute atomic E-state index is 6.25. The van der Waals surface area contributed by atoms with E-state index in [0.29, 0.717) is 6.42 Å². The predicted molar refractivity (Wildman–Crippen MR) is 74.0 cm³/mol. The molecule has 4 N–H and O–H groups in total. The fourth-order valence-corrected chi connectivity index (χ4v) is 2.53. The zero-order valence-corrected chi connectivity index (χ0v) is 10.4. The lowest BCUT2D eigenvalue weighted by molar-refractivity contribution is 0.461. The van der Waals surface area contributed by atoms with Crippen LogP contribution in [-0.4, -0.2) is 0 Å². The lowest BCUT2D eigenvalue weighted by Crippen LogP contribution is -2.48. The molecule has 0 saturated carbocycles. The highest BCUT2D eigenvalue weighted by Gasteiger charge is 2.22. The molecule has 2 heteroatoms. The second kappa shape index (κ2) is 4.23. The van der Waals surface area contributed by atoms with Crippen LogP contribution < -0.4 is 11.5 Å². The normalized spacial score (nSPS) is 17.2. The SMILES string of the molecule is NC1(N)Cc2ccc(cc2)CCc2ccc1cc2. The molecular weight excluding hydrogens is 220 g/mol. The van der Waals surface area contributed by atoms with Gasteiger partial charge in [-0.05, 0) is 35.1 Å². The second-order valence-corrected chi connectivity index (χ2v) is 5.23. The first-order valence-electron chi connectivity index (χ1n) is 6.38. The summed E-state index contributed by atoms with van der Waals surface area (Å²) in [6, 6.07) is 17.0. The van der Waals surface area contributed by atoms with E-state index in [2.05, 4.69) is 48.5 Å². The van der Waals surface area contributed by atoms with E-state index in [4.69, 9.17) is 11.5 Å². The minimum Gasteiger partial charge on any atom is -0.309 e. The first kappa shape index (κ1) is 11.5. The minimum atomic E-state index is -0.792. The van der Waals surface area contributed by atoms with Crippen molar-refractivity contribution < 1.29 is 0 Å². The summed E-state index contributed by atoms with van der Waals surface area (Å²) in [4.78, 5) is 0. The summed E-state index contributed by atoms with van der Waals surface area (Å²) < 4.78 is 0. The predicted octanol–water partition coefficient (Wildman–Crippen LogP) is 2.10. The smallest absolute Gasteiger partial charge is 0.0940 e. The molecule has 0 radical (unpaired) electrons. The Kier molecular flexibility index (Phi) is 2.69. The number of hydrogen-bond donors (Lipinski definition) is 2. The Bertz CT molecular complexity index is 538. The Balaban J connectivity index is 2.08. The highest BCUT2D eigenvalue weighted by atomic mass is 14.9. The molecule has 0 amide bonds. The molecule has 2 nitrogen and oxygen atoms in total. The molecule has 0 spiro atoms. The van der Waals surface area contributed by atoms with E-state index < -0.39 is 5.66 Å². The molecule has 4 aliphatic rings. The van der Waals surface area contributed by atoms with Crippen molar-refractivity contribution in [3.8, 4) is 0 Å². The van der Waals surface area contributed by atoms with Crippen molar-refractivity contribution in [1.82, 2.24) is 0 Å². The van der Waals surface area contributed by atoms with Gasteiger partial charge in [-0.2, -0.15) is 0 Å². The fraction of sp³-hybridized carbons (Fsp3) is 0.250. The quantitative estimate of drug-likeness (QED) is 0.691. The number of nitrogens with two attached hydrogens (primary N) is 2. The molecule has 2 aromatic rings. The van der Waals surface area contributed by atoms with Crippen molar-refractivity contribution >= 4 is 0 Å². The molecule has 0 fully saturated rings. The molecule has 6 rings (SSSR count). The number of benzene rings is 2. The van der Waals surface area contributed by atoms with Crippen molar-refractivity contribution in [2.24, 2.45) is 11.5 Å². The molecule has 0 heterocycles. The highest BCUT2D eigenvalue weighted by Crippen LogP contribution is 2.21. The summed E-state index contributed by atoms with van der Waals surface area (Å²) in [5.41, 5.74) is 16.6. The van der Waals surface area contributed by atoms with Crippen LogP contribution >= 0.6 is 0 Å². The largest absolute Gasteiger partial charge is 0.309 e. The van der Waals surface area contributed by atoms with Gasteiger partial charge in [0.25, 0.3) is 0 Å². The van der Waals surface area contributed by atoms with Crippen molar-refractivity contribution in [2.75, 3.05) is 0 Å². The maximum Gasteiger partial charge on any atom is 0.0940 e. The molecular formula is C16H18N2. The third-order valence-electron chi connectivity index (χ3n) is 3.71. The molecule has 4 aliphatic carbocycles. The van der Waals surface area contributed by atoms with Crippen LogP contribution in [0.3, 0.4) is 0 Å². The standard InChI is InChI=1S/C16H18N2/c17-16(18)11-14-5-3-12(4-6-14)1-2-13-7-9-15(16)10-8-13/h3-10H,1-2,11,17-18H2. The average Bonchev–Trinajstić information content (AvgIpc) is 2.36. The van der Waals surface area contributed by atoms with Gasteiger partial charge >= 0.3 is 0 Å². The van der Waals surface area contributed by atoms with E-state index in [-0.39, 0.29) is 0 Å². The van der Waals surface area contributed by atoms with Gasteiger partial charge in [0.1, 0.15) is 0 Å². The Hall–Kier alpha value is -1.64. The average molecular weight is 238 g/mol. The summed E-state index contributed by atoms with van der Waals surface area (Å²) in [5, 5.41) is 0. The van der Waals surface area contributed by atoms with Crippen molar-refractivity contribution in [1.29, 1.82) is 0 Å². The number of aryl methyl sites for hydroxylation is 2. The van der Waals surface area contributed by atoms with Gasteiger partial charge in [-0.3, -0.25) is 0 Å². The van der Waals surface area contributed by atoms with Crippen molar-refractivity contribution in [3.63, 3.8) is 0 Å². The van der Waals surface area contributed by atoms with Crippen molar-refractivity contribution in [3.05, 3.63) is 70.8 Å². The first-order valence-corrected chi connectivity index (χ1v) is 6.38. The van der Waals surface area contributed by atoms with Gasteiger partial charge in [0.05, 0.1) is 5.66 Å². The van der Waals surface area contributed by atoms with E-state index >= 15 is 0 Å². The Labute approximate surface area is 108 Å². The third kappa shape index (κ3) is 2.17. The lowest BCUT2D eigenvalue weighted by Gasteiger charge is -2.26. The van der Waals surface area contributed by atoms with Gasteiger partial charge in [-0.25, -0.2) is 0 Å². The second-order valence-electron chi connectivity index (χ2n) is 5.23. The molecule has 0 unspecified atom stereocenters. The van der Waals surface area contributed by atoms with Crippen molar-refractivity contribution in [2.45, 2.75) is 24.9 Å². The molecule has 0 saturated heterocycles. The molecule has 2 aromatic carbocycles. The molecule has 18 heavy (non-hydrogen) atoms. The van der Waals surface area contributed by atoms with Gasteiger partial charge in [0.15, 0.2) is 0 Å². The zero-order chi connectivity index (χ0) is 12.6. The zero-order valence-electron chi connectivity index (χ0n) is 10.4. The fourth-order valence-electron chi connectivity index (χ4n) is 2.53. The Morgan fingerprint density at radius 2 is 1.11 bits per heavy atom. The number of rotatable bonds is 0. The van der Waals surface area contributed by atoms with Crippen LogP contribution in [0.4, 0.5) is 0 Å². The van der Waals surface area contributed by atoms with Crippen LogP contribution in [0.2, 0.25) is 0 Å². The van der Waals surface area contributed by atoms with Gasteiger partial charge in [-0.15, -0.1) is 0 Å². The molecule has 92 valence electrons. The van der Waals surface area contributed by atoms with Gasteiger partial charge < -0.3 is 11.5 Å². The third-order valence-corrected chi connectivity index (χ3v) is 3.71. The van der Waals surface area contributed by atoms with Crippen LogP contribution in [0.25, 0.3) is 0 Å². The van der Waals surface area contributed by atoms with Gasteiger partial charge in [0, 0.05) is 6.42 Å². The summed E-state index contributed by atoms with van der Waals surface area (Å²) >= 11 is 0. The summed E-state index contributed by atoms with van der Waals surface area (Å²) in [7, 11) is 0. The van der Waals surface area contributed by atoms with Crippen LogP contribution in [0, 0.1) is 0 Å². The Morgan fingerprint density at radius 1 is 0.667 bits per heavy atom. The summed E-state index contributed by atoms with van der Waals surface area (Å²) in [6.07, 6.45) is 2.80. The monoisotopic (exact) mass is 238 g/mol. The molecule has 0 atom stereocenters. The number of hydrogen-bond acceptors (Lipinski definition) is 2.